The maximum absolute atomic E-state index is 12.0. The van der Waals surface area contributed by atoms with Gasteiger partial charge in [-0.2, -0.15) is 0 Å². The van der Waals surface area contributed by atoms with Gasteiger partial charge < -0.3 is 18.8 Å². The molecule has 1 amide bonds. The Labute approximate surface area is 168 Å². The van der Waals surface area contributed by atoms with Crippen molar-refractivity contribution in [2.75, 3.05) is 32.1 Å². The van der Waals surface area contributed by atoms with Gasteiger partial charge in [-0.05, 0) is 42.8 Å². The minimum absolute atomic E-state index is 0.0988. The molecule has 0 N–H and O–H groups in total. The van der Waals surface area contributed by atoms with Crippen molar-refractivity contribution in [1.82, 2.24) is 4.31 Å². The van der Waals surface area contributed by atoms with Crippen LogP contribution in [0.25, 0.3) is 0 Å². The lowest BCUT2D eigenvalue weighted by Crippen LogP contribution is -2.23. The maximum atomic E-state index is 12.0. The van der Waals surface area contributed by atoms with Crippen LogP contribution >= 0.6 is 0 Å². The topological polar surface area (TPSA) is 106 Å². The number of carbonyl (C=O) groups excluding carboxylic acids is 2. The van der Waals surface area contributed by atoms with E-state index in [1.165, 1.54) is 26.2 Å². The maximum Gasteiger partial charge on any atom is 0.344 e. The van der Waals surface area contributed by atoms with Crippen LogP contribution in [0.5, 0.6) is 5.75 Å². The molecule has 0 saturated carbocycles. The molecule has 3 rings (SSSR count). The molecule has 0 unspecified atom stereocenters. The molecule has 156 valence electrons. The molecule has 1 aliphatic rings. The van der Waals surface area contributed by atoms with Crippen LogP contribution in [-0.4, -0.2) is 51.8 Å². The second-order valence-electron chi connectivity index (χ2n) is 6.60. The van der Waals surface area contributed by atoms with Gasteiger partial charge in [0.1, 0.15) is 18.1 Å². The van der Waals surface area contributed by atoms with Crippen molar-refractivity contribution in [1.29, 1.82) is 0 Å². The van der Waals surface area contributed by atoms with Gasteiger partial charge in [-0.1, -0.05) is 0 Å². The SMILES string of the molecule is CN(C)S(=O)(=O)c1ccc(COC(=O)COc2ccc(N3CCCC3=O)cc2)o1. The van der Waals surface area contributed by atoms with E-state index in [0.29, 0.717) is 18.7 Å². The molecule has 2 aromatic rings. The third-order valence-electron chi connectivity index (χ3n) is 4.33. The average Bonchev–Trinajstić information content (AvgIpc) is 3.34. The number of esters is 1. The van der Waals surface area contributed by atoms with Gasteiger partial charge in [0, 0.05) is 32.7 Å². The first-order valence-electron chi connectivity index (χ1n) is 8.97. The van der Waals surface area contributed by atoms with E-state index >= 15 is 0 Å². The molecule has 1 fully saturated rings. The van der Waals surface area contributed by atoms with Gasteiger partial charge in [-0.25, -0.2) is 17.5 Å². The van der Waals surface area contributed by atoms with E-state index in [-0.39, 0.29) is 30.0 Å². The highest BCUT2D eigenvalue weighted by Crippen LogP contribution is 2.24. The second kappa shape index (κ2) is 8.66. The summed E-state index contributed by atoms with van der Waals surface area (Å²) in [4.78, 5) is 25.3. The Morgan fingerprint density at radius 2 is 1.90 bits per heavy atom. The summed E-state index contributed by atoms with van der Waals surface area (Å²) in [6.45, 7) is 0.183. The number of carbonyl (C=O) groups is 2. The number of anilines is 1. The van der Waals surface area contributed by atoms with E-state index in [0.717, 1.165) is 16.4 Å². The molecule has 1 aromatic carbocycles. The zero-order chi connectivity index (χ0) is 21.0. The summed E-state index contributed by atoms with van der Waals surface area (Å²) >= 11 is 0. The summed E-state index contributed by atoms with van der Waals surface area (Å²) in [5, 5.41) is -0.221. The average molecular weight is 422 g/mol. The summed E-state index contributed by atoms with van der Waals surface area (Å²) < 4.78 is 40.6. The summed E-state index contributed by atoms with van der Waals surface area (Å²) in [7, 11) is -0.891. The van der Waals surface area contributed by atoms with E-state index in [9.17, 15) is 18.0 Å². The van der Waals surface area contributed by atoms with Gasteiger partial charge in [0.25, 0.3) is 10.0 Å². The molecule has 9 nitrogen and oxygen atoms in total. The summed E-state index contributed by atoms with van der Waals surface area (Å²) in [6, 6.07) is 9.63. The lowest BCUT2D eigenvalue weighted by molar-refractivity contribution is -0.147. The van der Waals surface area contributed by atoms with E-state index < -0.39 is 16.0 Å². The van der Waals surface area contributed by atoms with E-state index in [1.807, 2.05) is 0 Å². The van der Waals surface area contributed by atoms with E-state index in [2.05, 4.69) is 0 Å². The van der Waals surface area contributed by atoms with Crippen molar-refractivity contribution >= 4 is 27.6 Å². The number of hydrogen-bond acceptors (Lipinski definition) is 7. The second-order valence-corrected chi connectivity index (χ2v) is 8.68. The third-order valence-corrected chi connectivity index (χ3v) is 6.02. The minimum Gasteiger partial charge on any atom is -0.482 e. The molecule has 1 aliphatic heterocycles. The van der Waals surface area contributed by atoms with Gasteiger partial charge in [-0.3, -0.25) is 4.79 Å². The van der Waals surface area contributed by atoms with Crippen LogP contribution in [0.1, 0.15) is 18.6 Å². The minimum atomic E-state index is -3.68. The van der Waals surface area contributed by atoms with E-state index in [1.54, 1.807) is 29.2 Å². The van der Waals surface area contributed by atoms with Crippen molar-refractivity contribution < 1.29 is 31.9 Å². The number of amides is 1. The van der Waals surface area contributed by atoms with Gasteiger partial charge >= 0.3 is 5.97 Å². The monoisotopic (exact) mass is 422 g/mol. The van der Waals surface area contributed by atoms with Gasteiger partial charge in [-0.15, -0.1) is 0 Å². The van der Waals surface area contributed by atoms with Crippen LogP contribution in [0.4, 0.5) is 5.69 Å². The molecule has 2 heterocycles. The fourth-order valence-electron chi connectivity index (χ4n) is 2.73. The Morgan fingerprint density at radius 1 is 1.17 bits per heavy atom. The number of hydrogen-bond donors (Lipinski definition) is 0. The highest BCUT2D eigenvalue weighted by Gasteiger charge is 2.22. The first kappa shape index (κ1) is 20.9. The van der Waals surface area contributed by atoms with Crippen molar-refractivity contribution in [2.45, 2.75) is 24.5 Å². The van der Waals surface area contributed by atoms with Crippen molar-refractivity contribution in [3.8, 4) is 5.75 Å². The smallest absolute Gasteiger partial charge is 0.344 e. The zero-order valence-corrected chi connectivity index (χ0v) is 17.0. The first-order chi connectivity index (χ1) is 13.8. The van der Waals surface area contributed by atoms with Crippen LogP contribution in [-0.2, 0) is 31.0 Å². The quantitative estimate of drug-likeness (QED) is 0.597. The largest absolute Gasteiger partial charge is 0.482 e. The summed E-state index contributed by atoms with van der Waals surface area (Å²) in [5.74, 6) is 0.145. The van der Waals surface area contributed by atoms with Crippen LogP contribution in [0.3, 0.4) is 0 Å². The third kappa shape index (κ3) is 4.96. The molecule has 0 radical (unpaired) electrons. The first-order valence-corrected chi connectivity index (χ1v) is 10.4. The van der Waals surface area contributed by atoms with Crippen molar-refractivity contribution in [3.05, 3.63) is 42.2 Å². The Morgan fingerprint density at radius 3 is 2.52 bits per heavy atom. The number of benzene rings is 1. The number of furan rings is 1. The highest BCUT2D eigenvalue weighted by atomic mass is 32.2. The van der Waals surface area contributed by atoms with Gasteiger partial charge in [0.2, 0.25) is 11.0 Å². The van der Waals surface area contributed by atoms with Crippen LogP contribution in [0.2, 0.25) is 0 Å². The van der Waals surface area contributed by atoms with E-state index in [4.69, 9.17) is 13.9 Å². The summed E-state index contributed by atoms with van der Waals surface area (Å²) in [5.41, 5.74) is 0.795. The molecular weight excluding hydrogens is 400 g/mol. The van der Waals surface area contributed by atoms with Crippen LogP contribution in [0.15, 0.2) is 45.9 Å². The Kier molecular flexibility index (Phi) is 6.23. The summed E-state index contributed by atoms with van der Waals surface area (Å²) in [6.07, 6.45) is 1.41. The molecule has 1 saturated heterocycles. The molecular formula is C19H22N2O7S. The predicted octanol–water partition coefficient (Wildman–Crippen LogP) is 1.78. The Hall–Kier alpha value is -2.85. The Balaban J connectivity index is 1.47. The van der Waals surface area contributed by atoms with Crippen molar-refractivity contribution in [3.63, 3.8) is 0 Å². The predicted molar refractivity (Wildman–Crippen MR) is 103 cm³/mol. The highest BCUT2D eigenvalue weighted by molar-refractivity contribution is 7.88. The van der Waals surface area contributed by atoms with Crippen LogP contribution in [0, 0.1) is 0 Å². The molecule has 0 bridgehead atoms. The standard InChI is InChI=1S/C19H22N2O7S/c1-20(2)29(24,25)19-10-9-16(28-19)12-27-18(23)13-26-15-7-5-14(6-8-15)21-11-3-4-17(21)22/h5-10H,3-4,11-13H2,1-2H3. The van der Waals surface area contributed by atoms with Crippen molar-refractivity contribution in [2.24, 2.45) is 0 Å². The zero-order valence-electron chi connectivity index (χ0n) is 16.2. The number of sulfonamides is 1. The molecule has 10 heteroatoms. The fourth-order valence-corrected chi connectivity index (χ4v) is 3.55. The van der Waals surface area contributed by atoms with Gasteiger partial charge in [0.15, 0.2) is 6.61 Å². The molecule has 1 aromatic heterocycles. The molecule has 0 aliphatic carbocycles. The Bertz CT molecular complexity index is 980. The molecule has 29 heavy (non-hydrogen) atoms. The van der Waals surface area contributed by atoms with Gasteiger partial charge in [0.05, 0.1) is 0 Å². The normalized spacial score (nSPS) is 14.4. The lowest BCUT2D eigenvalue weighted by Gasteiger charge is -2.16. The number of nitrogens with zero attached hydrogens (tertiary/aromatic N) is 2. The van der Waals surface area contributed by atoms with Crippen LogP contribution < -0.4 is 9.64 Å². The lowest BCUT2D eigenvalue weighted by atomic mass is 10.3. The molecule has 0 spiro atoms. The fraction of sp³-hybridized carbons (Fsp3) is 0.368. The number of ether oxygens (including phenoxy) is 2. The number of rotatable bonds is 8. The molecule has 0 atom stereocenters.